The molecular weight excluding hydrogens is 226 g/mol. The minimum absolute atomic E-state index is 0.201. The van der Waals surface area contributed by atoms with Gasteiger partial charge in [0.05, 0.1) is 12.0 Å². The lowest BCUT2D eigenvalue weighted by molar-refractivity contribution is -0.117. The van der Waals surface area contributed by atoms with Gasteiger partial charge in [-0.05, 0) is 37.6 Å². The number of nitrogens with zero attached hydrogens (tertiary/aromatic N) is 1. The molecule has 3 nitrogen and oxygen atoms in total. The van der Waals surface area contributed by atoms with Gasteiger partial charge in [0.2, 0.25) is 5.91 Å². The summed E-state index contributed by atoms with van der Waals surface area (Å²) in [5, 5.41) is 0. The third-order valence-electron chi connectivity index (χ3n) is 3.30. The largest absolute Gasteiger partial charge is 0.464 e. The van der Waals surface area contributed by atoms with Crippen LogP contribution < -0.4 is 4.90 Å². The van der Waals surface area contributed by atoms with E-state index in [-0.39, 0.29) is 5.91 Å². The van der Waals surface area contributed by atoms with Gasteiger partial charge < -0.3 is 9.32 Å². The predicted octanol–water partition coefficient (Wildman–Crippen LogP) is 3.38. The molecule has 0 atom stereocenters. The second-order valence-electron chi connectivity index (χ2n) is 4.65. The molecule has 18 heavy (non-hydrogen) atoms. The Balaban J connectivity index is 2.11. The Morgan fingerprint density at radius 3 is 2.83 bits per heavy atom. The summed E-state index contributed by atoms with van der Waals surface area (Å²) in [7, 11) is 0. The fourth-order valence-corrected chi connectivity index (χ4v) is 2.42. The highest BCUT2D eigenvalue weighted by Crippen LogP contribution is 2.34. The van der Waals surface area contributed by atoms with E-state index in [2.05, 4.69) is 6.07 Å². The molecule has 1 aliphatic rings. The Bertz CT molecular complexity index is 572. The maximum absolute atomic E-state index is 11.9. The number of rotatable bonds is 2. The first kappa shape index (κ1) is 11.1. The van der Waals surface area contributed by atoms with Crippen molar-refractivity contribution in [2.24, 2.45) is 0 Å². The molecule has 3 rings (SSSR count). The van der Waals surface area contributed by atoms with Crippen LogP contribution in [-0.2, 0) is 4.79 Å². The number of hydrogen-bond acceptors (Lipinski definition) is 2. The third-order valence-corrected chi connectivity index (χ3v) is 3.30. The van der Waals surface area contributed by atoms with E-state index in [1.54, 1.807) is 6.26 Å². The normalized spacial score (nSPS) is 15.4. The summed E-state index contributed by atoms with van der Waals surface area (Å²) in [5.74, 6) is 1.01. The molecule has 1 aromatic heterocycles. The summed E-state index contributed by atoms with van der Waals surface area (Å²) < 4.78 is 5.47. The summed E-state index contributed by atoms with van der Waals surface area (Å²) in [4.78, 5) is 13.7. The third kappa shape index (κ3) is 1.82. The number of hydrogen-bond donors (Lipinski definition) is 0. The predicted molar refractivity (Wildman–Crippen MR) is 70.5 cm³/mol. The second kappa shape index (κ2) is 4.33. The highest BCUT2D eigenvalue weighted by atomic mass is 16.3. The van der Waals surface area contributed by atoms with Gasteiger partial charge >= 0.3 is 0 Å². The first-order chi connectivity index (χ1) is 8.75. The number of aryl methyl sites for hydroxylation is 1. The first-order valence-corrected chi connectivity index (χ1v) is 6.20. The van der Waals surface area contributed by atoms with Crippen molar-refractivity contribution in [3.63, 3.8) is 0 Å². The monoisotopic (exact) mass is 241 g/mol. The molecule has 0 saturated carbocycles. The van der Waals surface area contributed by atoms with Crippen molar-refractivity contribution in [1.82, 2.24) is 0 Å². The molecule has 1 aliphatic heterocycles. The van der Waals surface area contributed by atoms with Gasteiger partial charge in [-0.25, -0.2) is 0 Å². The SMILES string of the molecule is Cc1ccc(N2CCCC2=O)c(-c2ccco2)c1. The van der Waals surface area contributed by atoms with E-state index in [0.717, 1.165) is 35.5 Å². The van der Waals surface area contributed by atoms with Gasteiger partial charge in [0, 0.05) is 18.5 Å². The number of anilines is 1. The highest BCUT2D eigenvalue weighted by molar-refractivity contribution is 5.99. The van der Waals surface area contributed by atoms with E-state index in [4.69, 9.17) is 4.42 Å². The van der Waals surface area contributed by atoms with Crippen LogP contribution in [0.4, 0.5) is 5.69 Å². The molecular formula is C15H15NO2. The van der Waals surface area contributed by atoms with E-state index in [9.17, 15) is 4.79 Å². The molecule has 1 amide bonds. The quantitative estimate of drug-likeness (QED) is 0.807. The Hall–Kier alpha value is -2.03. The molecule has 1 fully saturated rings. The van der Waals surface area contributed by atoms with Crippen molar-refractivity contribution in [3.8, 4) is 11.3 Å². The van der Waals surface area contributed by atoms with Crippen molar-refractivity contribution in [2.75, 3.05) is 11.4 Å². The second-order valence-corrected chi connectivity index (χ2v) is 4.65. The highest BCUT2D eigenvalue weighted by Gasteiger charge is 2.24. The van der Waals surface area contributed by atoms with Gasteiger partial charge in [-0.15, -0.1) is 0 Å². The summed E-state index contributed by atoms with van der Waals surface area (Å²) in [5.41, 5.74) is 3.12. The summed E-state index contributed by atoms with van der Waals surface area (Å²) >= 11 is 0. The summed E-state index contributed by atoms with van der Waals surface area (Å²) in [6, 6.07) is 9.91. The molecule has 0 aliphatic carbocycles. The number of benzene rings is 1. The first-order valence-electron chi connectivity index (χ1n) is 6.20. The van der Waals surface area contributed by atoms with Gasteiger partial charge in [-0.2, -0.15) is 0 Å². The van der Waals surface area contributed by atoms with Crippen LogP contribution in [0.5, 0.6) is 0 Å². The van der Waals surface area contributed by atoms with Crippen molar-refractivity contribution in [3.05, 3.63) is 42.2 Å². The summed E-state index contributed by atoms with van der Waals surface area (Å²) in [6.07, 6.45) is 3.24. The van der Waals surface area contributed by atoms with Gasteiger partial charge in [0.15, 0.2) is 0 Å². The number of carbonyl (C=O) groups is 1. The molecule has 3 heteroatoms. The van der Waals surface area contributed by atoms with Crippen molar-refractivity contribution in [1.29, 1.82) is 0 Å². The van der Waals surface area contributed by atoms with Crippen LogP contribution in [0.15, 0.2) is 41.0 Å². The van der Waals surface area contributed by atoms with Crippen LogP contribution in [0.2, 0.25) is 0 Å². The molecule has 0 bridgehead atoms. The lowest BCUT2D eigenvalue weighted by Crippen LogP contribution is -2.24. The standard InChI is InChI=1S/C15H15NO2/c1-11-6-7-13(16-8-2-5-15(16)17)12(10-11)14-4-3-9-18-14/h3-4,6-7,9-10H,2,5,8H2,1H3. The van der Waals surface area contributed by atoms with Crippen molar-refractivity contribution in [2.45, 2.75) is 19.8 Å². The van der Waals surface area contributed by atoms with E-state index < -0.39 is 0 Å². The molecule has 0 radical (unpaired) electrons. The number of carbonyl (C=O) groups excluding carboxylic acids is 1. The Kier molecular flexibility index (Phi) is 2.67. The minimum Gasteiger partial charge on any atom is -0.464 e. The number of amides is 1. The fourth-order valence-electron chi connectivity index (χ4n) is 2.42. The Morgan fingerprint density at radius 2 is 2.17 bits per heavy atom. The molecule has 1 aromatic carbocycles. The van der Waals surface area contributed by atoms with Crippen LogP contribution in [-0.4, -0.2) is 12.5 Å². The van der Waals surface area contributed by atoms with Crippen LogP contribution >= 0.6 is 0 Å². The average Bonchev–Trinajstić information content (AvgIpc) is 3.00. The zero-order valence-electron chi connectivity index (χ0n) is 10.3. The van der Waals surface area contributed by atoms with E-state index in [1.165, 1.54) is 0 Å². The Labute approximate surface area is 106 Å². The maximum Gasteiger partial charge on any atom is 0.227 e. The number of furan rings is 1. The summed E-state index contributed by atoms with van der Waals surface area (Å²) in [6.45, 7) is 2.84. The maximum atomic E-state index is 11.9. The lowest BCUT2D eigenvalue weighted by Gasteiger charge is -2.19. The van der Waals surface area contributed by atoms with Gasteiger partial charge in [-0.3, -0.25) is 4.79 Å². The van der Waals surface area contributed by atoms with E-state index >= 15 is 0 Å². The Morgan fingerprint density at radius 1 is 1.28 bits per heavy atom. The molecule has 0 unspecified atom stereocenters. The topological polar surface area (TPSA) is 33.5 Å². The molecule has 0 spiro atoms. The molecule has 2 heterocycles. The molecule has 0 N–H and O–H groups in total. The van der Waals surface area contributed by atoms with Gasteiger partial charge in [-0.1, -0.05) is 11.6 Å². The van der Waals surface area contributed by atoms with Crippen molar-refractivity contribution >= 4 is 11.6 Å². The lowest BCUT2D eigenvalue weighted by atomic mass is 10.1. The van der Waals surface area contributed by atoms with Crippen LogP contribution in [0.1, 0.15) is 18.4 Å². The molecule has 1 saturated heterocycles. The zero-order valence-corrected chi connectivity index (χ0v) is 10.3. The van der Waals surface area contributed by atoms with Crippen LogP contribution in [0.3, 0.4) is 0 Å². The van der Waals surface area contributed by atoms with Crippen LogP contribution in [0.25, 0.3) is 11.3 Å². The van der Waals surface area contributed by atoms with E-state index in [0.29, 0.717) is 6.42 Å². The minimum atomic E-state index is 0.201. The van der Waals surface area contributed by atoms with Crippen LogP contribution in [0, 0.1) is 6.92 Å². The van der Waals surface area contributed by atoms with Gasteiger partial charge in [0.25, 0.3) is 0 Å². The smallest absolute Gasteiger partial charge is 0.227 e. The van der Waals surface area contributed by atoms with E-state index in [1.807, 2.05) is 36.1 Å². The van der Waals surface area contributed by atoms with Gasteiger partial charge in [0.1, 0.15) is 5.76 Å². The van der Waals surface area contributed by atoms with Crippen molar-refractivity contribution < 1.29 is 9.21 Å². The average molecular weight is 241 g/mol. The molecule has 2 aromatic rings. The fraction of sp³-hybridized carbons (Fsp3) is 0.267. The zero-order chi connectivity index (χ0) is 12.5. The molecule has 92 valence electrons.